The molecule has 0 aliphatic rings. The molecule has 3 aromatic rings. The SMILES string of the molecule is O=S([O-])Cc1ccc(-c2nn(CCO)cc2Cc2ccccc2)cc1. The largest absolute Gasteiger partial charge is 0.772 e. The molecular formula is C19H19N2O3S-. The van der Waals surface area contributed by atoms with Crippen LogP contribution < -0.4 is 0 Å². The first-order chi connectivity index (χ1) is 12.2. The number of hydrogen-bond donors (Lipinski definition) is 1. The van der Waals surface area contributed by atoms with Gasteiger partial charge in [-0.1, -0.05) is 65.7 Å². The summed E-state index contributed by atoms with van der Waals surface area (Å²) in [4.78, 5) is 0. The molecular weight excluding hydrogens is 336 g/mol. The Morgan fingerprint density at radius 3 is 2.40 bits per heavy atom. The van der Waals surface area contributed by atoms with E-state index in [1.165, 1.54) is 5.56 Å². The molecule has 2 aromatic carbocycles. The van der Waals surface area contributed by atoms with Crippen LogP contribution in [-0.2, 0) is 29.8 Å². The highest BCUT2D eigenvalue weighted by atomic mass is 32.2. The molecule has 0 fully saturated rings. The van der Waals surface area contributed by atoms with E-state index in [0.29, 0.717) is 6.54 Å². The van der Waals surface area contributed by atoms with Gasteiger partial charge in [0.05, 0.1) is 18.8 Å². The van der Waals surface area contributed by atoms with Gasteiger partial charge in [-0.2, -0.15) is 5.10 Å². The quantitative estimate of drug-likeness (QED) is 0.661. The van der Waals surface area contributed by atoms with Gasteiger partial charge in [0.25, 0.3) is 0 Å². The van der Waals surface area contributed by atoms with Crippen molar-refractivity contribution in [2.45, 2.75) is 18.7 Å². The van der Waals surface area contributed by atoms with Crippen molar-refractivity contribution in [1.82, 2.24) is 9.78 Å². The first kappa shape index (κ1) is 17.5. The maximum Gasteiger partial charge on any atom is 0.0958 e. The Morgan fingerprint density at radius 2 is 1.76 bits per heavy atom. The third kappa shape index (κ3) is 4.63. The number of nitrogens with zero attached hydrogens (tertiary/aromatic N) is 2. The molecule has 0 radical (unpaired) electrons. The number of rotatable bonds is 7. The highest BCUT2D eigenvalue weighted by Gasteiger charge is 2.12. The van der Waals surface area contributed by atoms with Gasteiger partial charge in [-0.15, -0.1) is 0 Å². The predicted octanol–water partition coefficient (Wildman–Crippen LogP) is 2.51. The van der Waals surface area contributed by atoms with Crippen molar-refractivity contribution in [3.8, 4) is 11.3 Å². The van der Waals surface area contributed by atoms with Gasteiger partial charge in [0.2, 0.25) is 0 Å². The Hall–Kier alpha value is -2.28. The van der Waals surface area contributed by atoms with E-state index in [2.05, 4.69) is 17.2 Å². The number of benzene rings is 2. The fourth-order valence-electron chi connectivity index (χ4n) is 2.76. The van der Waals surface area contributed by atoms with Gasteiger partial charge in [-0.3, -0.25) is 8.89 Å². The van der Waals surface area contributed by atoms with Crippen molar-refractivity contribution in [1.29, 1.82) is 0 Å². The summed E-state index contributed by atoms with van der Waals surface area (Å²) in [7, 11) is 0. The van der Waals surface area contributed by atoms with E-state index in [-0.39, 0.29) is 12.4 Å². The first-order valence-corrected chi connectivity index (χ1v) is 9.26. The van der Waals surface area contributed by atoms with E-state index >= 15 is 0 Å². The zero-order valence-electron chi connectivity index (χ0n) is 13.7. The Bertz CT molecular complexity index is 845. The fourth-order valence-corrected chi connectivity index (χ4v) is 3.23. The standard InChI is InChI=1S/C19H20N2O3S/c22-11-10-21-13-18(12-15-4-2-1-3-5-15)19(20-21)17-8-6-16(7-9-17)14-25(23)24/h1-9,13,22H,10-12,14H2,(H,23,24)/p-1. The third-order valence-electron chi connectivity index (χ3n) is 3.92. The van der Waals surface area contributed by atoms with Gasteiger partial charge < -0.3 is 9.66 Å². The molecule has 1 aromatic heterocycles. The molecule has 1 heterocycles. The smallest absolute Gasteiger partial charge is 0.0958 e. The Balaban J connectivity index is 1.92. The monoisotopic (exact) mass is 355 g/mol. The molecule has 1 atom stereocenters. The van der Waals surface area contributed by atoms with Gasteiger partial charge in [0.1, 0.15) is 0 Å². The summed E-state index contributed by atoms with van der Waals surface area (Å²) in [5, 5.41) is 13.8. The summed E-state index contributed by atoms with van der Waals surface area (Å²) < 4.78 is 23.4. The van der Waals surface area contributed by atoms with E-state index in [0.717, 1.165) is 28.8 Å². The maximum absolute atomic E-state index is 10.8. The molecule has 1 unspecified atom stereocenters. The van der Waals surface area contributed by atoms with Gasteiger partial charge in [-0.05, 0) is 11.1 Å². The summed E-state index contributed by atoms with van der Waals surface area (Å²) in [6.45, 7) is 0.467. The van der Waals surface area contributed by atoms with Gasteiger partial charge >= 0.3 is 0 Å². The number of aliphatic hydroxyl groups excluding tert-OH is 1. The molecule has 6 heteroatoms. The molecule has 0 saturated heterocycles. The van der Waals surface area contributed by atoms with E-state index in [1.807, 2.05) is 48.7 Å². The highest BCUT2D eigenvalue weighted by Crippen LogP contribution is 2.25. The number of aliphatic hydroxyl groups is 1. The minimum atomic E-state index is -2.09. The second-order valence-electron chi connectivity index (χ2n) is 5.80. The molecule has 130 valence electrons. The lowest BCUT2D eigenvalue weighted by atomic mass is 10.0. The fraction of sp³-hybridized carbons (Fsp3) is 0.211. The van der Waals surface area contributed by atoms with Gasteiger partial charge in [-0.25, -0.2) is 0 Å². The first-order valence-electron chi connectivity index (χ1n) is 8.02. The average molecular weight is 355 g/mol. The van der Waals surface area contributed by atoms with Crippen molar-refractivity contribution in [2.24, 2.45) is 0 Å². The highest BCUT2D eigenvalue weighted by molar-refractivity contribution is 7.78. The molecule has 0 saturated carbocycles. The number of hydrogen-bond acceptors (Lipinski definition) is 4. The Morgan fingerprint density at radius 1 is 1.04 bits per heavy atom. The van der Waals surface area contributed by atoms with Crippen molar-refractivity contribution >= 4 is 11.1 Å². The van der Waals surface area contributed by atoms with Crippen LogP contribution in [0.25, 0.3) is 11.3 Å². The molecule has 0 aliphatic heterocycles. The lowest BCUT2D eigenvalue weighted by Gasteiger charge is -2.07. The zero-order chi connectivity index (χ0) is 17.6. The van der Waals surface area contributed by atoms with Crippen LogP contribution in [-0.4, -0.2) is 30.3 Å². The minimum absolute atomic E-state index is 0.0100. The molecule has 0 bridgehead atoms. The van der Waals surface area contributed by atoms with E-state index in [1.54, 1.807) is 4.68 Å². The summed E-state index contributed by atoms with van der Waals surface area (Å²) in [5.74, 6) is 0.0100. The van der Waals surface area contributed by atoms with Crippen LogP contribution in [0, 0.1) is 0 Å². The van der Waals surface area contributed by atoms with Crippen LogP contribution in [0.2, 0.25) is 0 Å². The lowest BCUT2D eigenvalue weighted by molar-refractivity contribution is 0.269. The molecule has 3 rings (SSSR count). The molecule has 0 aliphatic carbocycles. The maximum atomic E-state index is 10.8. The van der Waals surface area contributed by atoms with Crippen LogP contribution in [0.5, 0.6) is 0 Å². The summed E-state index contributed by atoms with van der Waals surface area (Å²) in [5.41, 5.74) is 4.79. The number of aromatic nitrogens is 2. The van der Waals surface area contributed by atoms with E-state index in [9.17, 15) is 13.9 Å². The molecule has 5 nitrogen and oxygen atoms in total. The Kier molecular flexibility index (Phi) is 5.75. The normalized spacial score (nSPS) is 12.2. The van der Waals surface area contributed by atoms with Crippen LogP contribution in [0.4, 0.5) is 0 Å². The zero-order valence-corrected chi connectivity index (χ0v) is 14.5. The van der Waals surface area contributed by atoms with E-state index < -0.39 is 11.1 Å². The predicted molar refractivity (Wildman–Crippen MR) is 96.6 cm³/mol. The van der Waals surface area contributed by atoms with Crippen molar-refractivity contribution in [3.63, 3.8) is 0 Å². The van der Waals surface area contributed by atoms with Crippen LogP contribution in [0.1, 0.15) is 16.7 Å². The van der Waals surface area contributed by atoms with Gasteiger partial charge in [0.15, 0.2) is 0 Å². The average Bonchev–Trinajstić information content (AvgIpc) is 2.99. The van der Waals surface area contributed by atoms with E-state index in [4.69, 9.17) is 0 Å². The van der Waals surface area contributed by atoms with Crippen molar-refractivity contribution in [3.05, 3.63) is 77.5 Å². The summed E-state index contributed by atoms with van der Waals surface area (Å²) in [6, 6.07) is 17.5. The molecule has 0 spiro atoms. The minimum Gasteiger partial charge on any atom is -0.772 e. The molecule has 0 amide bonds. The summed E-state index contributed by atoms with van der Waals surface area (Å²) >= 11 is -2.09. The van der Waals surface area contributed by atoms with Crippen LogP contribution in [0.15, 0.2) is 60.8 Å². The van der Waals surface area contributed by atoms with Crippen molar-refractivity contribution < 1.29 is 13.9 Å². The second kappa shape index (κ2) is 8.20. The third-order valence-corrected chi connectivity index (χ3v) is 4.48. The Labute approximate surface area is 149 Å². The molecule has 25 heavy (non-hydrogen) atoms. The second-order valence-corrected chi connectivity index (χ2v) is 6.69. The summed E-state index contributed by atoms with van der Waals surface area (Å²) in [6.07, 6.45) is 2.70. The molecule has 1 N–H and O–H groups in total. The lowest BCUT2D eigenvalue weighted by Crippen LogP contribution is -2.02. The van der Waals surface area contributed by atoms with Crippen LogP contribution in [0.3, 0.4) is 0 Å². The van der Waals surface area contributed by atoms with Gasteiger partial charge in [0, 0.05) is 29.5 Å². The van der Waals surface area contributed by atoms with Crippen molar-refractivity contribution in [2.75, 3.05) is 6.61 Å². The van der Waals surface area contributed by atoms with Crippen LogP contribution >= 0.6 is 0 Å². The topological polar surface area (TPSA) is 78.2 Å².